The fraction of sp³-hybridized carbons (Fsp3) is 1.00. The van der Waals surface area contributed by atoms with Crippen molar-refractivity contribution in [1.29, 1.82) is 0 Å². The molecular formula is C7H10F6O5. The van der Waals surface area contributed by atoms with E-state index in [1.54, 1.807) is 0 Å². The molecule has 0 fully saturated rings. The predicted molar refractivity (Wildman–Crippen MR) is 42.0 cm³/mol. The molecule has 0 aromatic heterocycles. The van der Waals surface area contributed by atoms with Gasteiger partial charge >= 0.3 is 18.5 Å². The van der Waals surface area contributed by atoms with Crippen molar-refractivity contribution in [3.8, 4) is 0 Å². The lowest BCUT2D eigenvalue weighted by atomic mass is 10.6. The Morgan fingerprint density at radius 2 is 1.33 bits per heavy atom. The van der Waals surface area contributed by atoms with Crippen LogP contribution in [0.2, 0.25) is 0 Å². The van der Waals surface area contributed by atoms with Gasteiger partial charge in [-0.1, -0.05) is 0 Å². The van der Waals surface area contributed by atoms with Crippen LogP contribution in [0.1, 0.15) is 0 Å². The molecule has 0 atom stereocenters. The van der Waals surface area contributed by atoms with E-state index in [1.807, 2.05) is 0 Å². The summed E-state index contributed by atoms with van der Waals surface area (Å²) < 4.78 is 83.9. The third-order valence-corrected chi connectivity index (χ3v) is 1.23. The number of rotatable bonds is 9. The number of alkyl halides is 6. The van der Waals surface area contributed by atoms with E-state index in [9.17, 15) is 26.3 Å². The number of aliphatic hydroxyl groups excluding tert-OH is 2. The lowest BCUT2D eigenvalue weighted by Gasteiger charge is -2.25. The van der Waals surface area contributed by atoms with Gasteiger partial charge in [-0.05, 0) is 0 Å². The minimum atomic E-state index is -5.34. The molecule has 0 aromatic carbocycles. The third kappa shape index (κ3) is 7.66. The maximum atomic E-state index is 12.6. The van der Waals surface area contributed by atoms with Gasteiger partial charge in [0.05, 0.1) is 13.2 Å². The summed E-state index contributed by atoms with van der Waals surface area (Å²) in [4.78, 5) is 0. The van der Waals surface area contributed by atoms with Crippen LogP contribution in [-0.4, -0.2) is 55.2 Å². The van der Waals surface area contributed by atoms with Crippen molar-refractivity contribution in [1.82, 2.24) is 0 Å². The van der Waals surface area contributed by atoms with Gasteiger partial charge in [0.25, 0.3) is 0 Å². The van der Waals surface area contributed by atoms with Gasteiger partial charge in [0, 0.05) is 0 Å². The quantitative estimate of drug-likeness (QED) is 0.372. The highest BCUT2D eigenvalue weighted by atomic mass is 19.3. The predicted octanol–water partition coefficient (Wildman–Crippen LogP) is 0.757. The number of hydrogen-bond acceptors (Lipinski definition) is 5. The standard InChI is InChI=1S/C7H10F6O5/c8-5(9,3-15)17-7(12,13)18-6(10,11)4-16-2-1-14/h14-15H,1-4H2. The summed E-state index contributed by atoms with van der Waals surface area (Å²) in [5.74, 6) is 0. The molecule has 5 nitrogen and oxygen atoms in total. The first-order chi connectivity index (χ1) is 8.04. The lowest BCUT2D eigenvalue weighted by Crippen LogP contribution is -2.43. The van der Waals surface area contributed by atoms with Gasteiger partial charge in [-0.15, -0.1) is 8.78 Å². The van der Waals surface area contributed by atoms with E-state index in [0.717, 1.165) is 0 Å². The van der Waals surface area contributed by atoms with Crippen LogP contribution in [0.5, 0.6) is 0 Å². The topological polar surface area (TPSA) is 68.2 Å². The molecule has 0 saturated heterocycles. The third-order valence-electron chi connectivity index (χ3n) is 1.23. The zero-order valence-electron chi connectivity index (χ0n) is 8.72. The van der Waals surface area contributed by atoms with Crippen LogP contribution < -0.4 is 0 Å². The molecule has 0 bridgehead atoms. The maximum Gasteiger partial charge on any atom is 0.495 e. The van der Waals surface area contributed by atoms with Crippen molar-refractivity contribution < 1.29 is 50.8 Å². The highest BCUT2D eigenvalue weighted by Gasteiger charge is 2.52. The molecule has 11 heteroatoms. The Labute approximate surface area is 96.9 Å². The monoisotopic (exact) mass is 288 g/mol. The van der Waals surface area contributed by atoms with E-state index in [-0.39, 0.29) is 0 Å². The number of hydrogen-bond donors (Lipinski definition) is 2. The van der Waals surface area contributed by atoms with E-state index < -0.39 is 44.9 Å². The summed E-state index contributed by atoms with van der Waals surface area (Å²) in [6, 6.07) is 0. The zero-order valence-corrected chi connectivity index (χ0v) is 8.72. The molecule has 0 radical (unpaired) electrons. The number of halogens is 6. The van der Waals surface area contributed by atoms with Crippen molar-refractivity contribution in [2.75, 3.05) is 26.4 Å². The second-order valence-corrected chi connectivity index (χ2v) is 2.88. The molecule has 0 unspecified atom stereocenters. The number of ether oxygens (including phenoxy) is 3. The molecule has 0 aliphatic carbocycles. The van der Waals surface area contributed by atoms with Crippen molar-refractivity contribution in [3.05, 3.63) is 0 Å². The minimum absolute atomic E-state index is 0.585. The van der Waals surface area contributed by atoms with Crippen LogP contribution in [-0.2, 0) is 14.2 Å². The molecule has 110 valence electrons. The Hall–Kier alpha value is -0.620. The Kier molecular flexibility index (Phi) is 6.29. The Bertz CT molecular complexity index is 248. The first-order valence-electron chi connectivity index (χ1n) is 4.37. The lowest BCUT2D eigenvalue weighted by molar-refractivity contribution is -0.517. The van der Waals surface area contributed by atoms with Crippen LogP contribution in [0.4, 0.5) is 26.3 Å². The SMILES string of the molecule is OCCOCC(F)(F)OC(F)(F)OC(F)(F)CO. The van der Waals surface area contributed by atoms with Gasteiger partial charge in [0.15, 0.2) is 0 Å². The summed E-state index contributed by atoms with van der Waals surface area (Å²) in [6.45, 7) is -5.07. The summed E-state index contributed by atoms with van der Waals surface area (Å²) in [6.07, 6.45) is -14.7. The number of aliphatic hydroxyl groups is 2. The van der Waals surface area contributed by atoms with Gasteiger partial charge in [0.2, 0.25) is 0 Å². The van der Waals surface area contributed by atoms with E-state index in [2.05, 4.69) is 14.2 Å². The largest absolute Gasteiger partial charge is 0.495 e. The first kappa shape index (κ1) is 17.4. The molecule has 0 aliphatic heterocycles. The molecule has 0 rings (SSSR count). The molecule has 0 aromatic rings. The molecule has 18 heavy (non-hydrogen) atoms. The molecule has 0 aliphatic rings. The van der Waals surface area contributed by atoms with E-state index >= 15 is 0 Å². The molecule has 0 saturated carbocycles. The smallest absolute Gasteiger partial charge is 0.394 e. The Morgan fingerprint density at radius 3 is 1.78 bits per heavy atom. The maximum absolute atomic E-state index is 12.6. The van der Waals surface area contributed by atoms with Crippen molar-refractivity contribution in [2.45, 2.75) is 18.5 Å². The molecule has 2 N–H and O–H groups in total. The van der Waals surface area contributed by atoms with E-state index in [4.69, 9.17) is 10.2 Å². The highest BCUT2D eigenvalue weighted by molar-refractivity contribution is 4.55. The van der Waals surface area contributed by atoms with Crippen molar-refractivity contribution in [3.63, 3.8) is 0 Å². The average molecular weight is 288 g/mol. The van der Waals surface area contributed by atoms with Crippen LogP contribution in [0.15, 0.2) is 0 Å². The molecular weight excluding hydrogens is 278 g/mol. The fourth-order valence-electron chi connectivity index (χ4n) is 0.686. The van der Waals surface area contributed by atoms with Crippen LogP contribution >= 0.6 is 0 Å². The normalized spacial score (nSPS) is 14.0. The van der Waals surface area contributed by atoms with Crippen LogP contribution in [0, 0.1) is 0 Å². The minimum Gasteiger partial charge on any atom is -0.394 e. The second kappa shape index (κ2) is 6.52. The van der Waals surface area contributed by atoms with Crippen LogP contribution in [0.25, 0.3) is 0 Å². The molecule has 0 amide bonds. The van der Waals surface area contributed by atoms with E-state index in [1.165, 1.54) is 0 Å². The Balaban J connectivity index is 4.36. The Morgan fingerprint density at radius 1 is 0.833 bits per heavy atom. The average Bonchev–Trinajstić information content (AvgIpc) is 2.14. The summed E-state index contributed by atoms with van der Waals surface area (Å²) >= 11 is 0. The van der Waals surface area contributed by atoms with Crippen molar-refractivity contribution in [2.24, 2.45) is 0 Å². The zero-order chi connectivity index (χ0) is 14.4. The highest BCUT2D eigenvalue weighted by Crippen LogP contribution is 2.33. The summed E-state index contributed by atoms with van der Waals surface area (Å²) in [7, 11) is 0. The van der Waals surface area contributed by atoms with E-state index in [0.29, 0.717) is 0 Å². The van der Waals surface area contributed by atoms with Crippen LogP contribution in [0.3, 0.4) is 0 Å². The summed E-state index contributed by atoms with van der Waals surface area (Å²) in [5.41, 5.74) is 0. The summed E-state index contributed by atoms with van der Waals surface area (Å²) in [5, 5.41) is 16.1. The van der Waals surface area contributed by atoms with Gasteiger partial charge < -0.3 is 14.9 Å². The fourth-order valence-corrected chi connectivity index (χ4v) is 0.686. The van der Waals surface area contributed by atoms with Gasteiger partial charge in [-0.25, -0.2) is 9.47 Å². The second-order valence-electron chi connectivity index (χ2n) is 2.88. The van der Waals surface area contributed by atoms with Gasteiger partial charge in [-0.3, -0.25) is 0 Å². The van der Waals surface area contributed by atoms with Crippen molar-refractivity contribution >= 4 is 0 Å². The molecule has 0 spiro atoms. The van der Waals surface area contributed by atoms with Gasteiger partial charge in [0.1, 0.15) is 13.2 Å². The van der Waals surface area contributed by atoms with Gasteiger partial charge in [-0.2, -0.15) is 17.6 Å². The first-order valence-corrected chi connectivity index (χ1v) is 4.37. The molecule has 0 heterocycles.